The van der Waals surface area contributed by atoms with Crippen molar-refractivity contribution in [2.75, 3.05) is 10.5 Å². The third-order valence-electron chi connectivity index (χ3n) is 5.17. The maximum Gasteiger partial charge on any atom is 0.232 e. The molecule has 1 N–H and O–H groups in total. The Bertz CT molecular complexity index is 1140. The van der Waals surface area contributed by atoms with E-state index in [1.54, 1.807) is 12.1 Å². The van der Waals surface area contributed by atoms with Crippen LogP contribution in [0.25, 0.3) is 17.2 Å². The molecule has 0 unspecified atom stereocenters. The third kappa shape index (κ3) is 4.07. The fraction of sp³-hybridized carbons (Fsp3) is 0.333. The van der Waals surface area contributed by atoms with Gasteiger partial charge in [0, 0.05) is 41.6 Å². The monoisotopic (exact) mass is 418 g/mol. The predicted octanol–water partition coefficient (Wildman–Crippen LogP) is 3.88. The molecule has 1 aromatic carbocycles. The number of carbonyl (C=O) groups is 1. The Morgan fingerprint density at radius 1 is 1.17 bits per heavy atom. The molecule has 0 spiro atoms. The number of Topliss-reactive ketones (excluding diaryl/α,β-unsaturated/α-hetero) is 1. The molecule has 0 atom stereocenters. The van der Waals surface area contributed by atoms with Gasteiger partial charge in [-0.25, -0.2) is 17.2 Å². The summed E-state index contributed by atoms with van der Waals surface area (Å²) >= 11 is 0. The Morgan fingerprint density at radius 2 is 1.93 bits per heavy atom. The molecule has 2 aliphatic carbocycles. The van der Waals surface area contributed by atoms with Gasteiger partial charge in [0.25, 0.3) is 0 Å². The first-order chi connectivity index (χ1) is 13.8. The molecule has 0 aliphatic heterocycles. The molecule has 29 heavy (non-hydrogen) atoms. The number of hydrogen-bond acceptors (Lipinski definition) is 4. The number of sulfonamides is 1. The lowest BCUT2D eigenvalue weighted by Gasteiger charge is -2.14. The molecule has 0 bridgehead atoms. The number of pyridine rings is 1. The van der Waals surface area contributed by atoms with Gasteiger partial charge < -0.3 is 0 Å². The van der Waals surface area contributed by atoms with Crippen LogP contribution in [0.2, 0.25) is 0 Å². The van der Waals surface area contributed by atoms with Crippen LogP contribution in [0.3, 0.4) is 0 Å². The summed E-state index contributed by atoms with van der Waals surface area (Å²) in [6, 6.07) is 3.46. The largest absolute Gasteiger partial charge is 0.299 e. The van der Waals surface area contributed by atoms with Crippen molar-refractivity contribution in [2.24, 2.45) is 5.92 Å². The van der Waals surface area contributed by atoms with E-state index in [0.29, 0.717) is 23.2 Å². The molecule has 1 fully saturated rings. The molecule has 152 valence electrons. The van der Waals surface area contributed by atoms with Crippen LogP contribution in [0, 0.1) is 17.6 Å². The molecular weight excluding hydrogens is 398 g/mol. The van der Waals surface area contributed by atoms with Crippen molar-refractivity contribution in [2.45, 2.75) is 32.6 Å². The smallest absolute Gasteiger partial charge is 0.232 e. The standard InChI is InChI=1S/C21H20F2N2O3S/c1-2-29(27,28)25-20-11-17(22)16(10-18(20)23)15-8-13(9-21(26)12-6-7-12)24-19-5-3-4-14(15)19/h3-4,8,10-12,25H,2,5-7,9H2,1H3. The van der Waals surface area contributed by atoms with Gasteiger partial charge in [-0.3, -0.25) is 14.5 Å². The molecule has 0 amide bonds. The molecule has 1 heterocycles. The van der Waals surface area contributed by atoms with Crippen LogP contribution in [-0.4, -0.2) is 24.9 Å². The second-order valence-corrected chi connectivity index (χ2v) is 9.37. The summed E-state index contributed by atoms with van der Waals surface area (Å²) in [4.78, 5) is 16.7. The van der Waals surface area contributed by atoms with Crippen LogP contribution in [0.1, 0.15) is 36.7 Å². The second-order valence-electron chi connectivity index (χ2n) is 7.36. The predicted molar refractivity (Wildman–Crippen MR) is 107 cm³/mol. The van der Waals surface area contributed by atoms with Gasteiger partial charge >= 0.3 is 0 Å². The number of fused-ring (bicyclic) bond motifs is 1. The second kappa shape index (κ2) is 7.33. The van der Waals surface area contributed by atoms with Crippen LogP contribution < -0.4 is 4.72 Å². The number of aromatic nitrogens is 1. The molecule has 5 nitrogen and oxygen atoms in total. The highest BCUT2D eigenvalue weighted by Crippen LogP contribution is 2.36. The summed E-state index contributed by atoms with van der Waals surface area (Å²) in [5.41, 5.74) is 1.97. The zero-order valence-corrected chi connectivity index (χ0v) is 16.7. The van der Waals surface area contributed by atoms with E-state index < -0.39 is 27.3 Å². The minimum atomic E-state index is -3.74. The number of rotatable bonds is 7. The Kier molecular flexibility index (Phi) is 4.98. The van der Waals surface area contributed by atoms with Crippen LogP contribution in [0.4, 0.5) is 14.5 Å². The number of nitrogens with zero attached hydrogens (tertiary/aromatic N) is 1. The number of benzene rings is 1. The lowest BCUT2D eigenvalue weighted by Crippen LogP contribution is -2.16. The van der Waals surface area contributed by atoms with Crippen LogP contribution in [0.5, 0.6) is 0 Å². The fourth-order valence-electron chi connectivity index (χ4n) is 3.41. The maximum atomic E-state index is 14.9. The first-order valence-electron chi connectivity index (χ1n) is 9.49. The summed E-state index contributed by atoms with van der Waals surface area (Å²) in [6.45, 7) is 1.40. The summed E-state index contributed by atoms with van der Waals surface area (Å²) in [7, 11) is -3.74. The van der Waals surface area contributed by atoms with Gasteiger partial charge in [-0.1, -0.05) is 12.2 Å². The first kappa shape index (κ1) is 19.7. The van der Waals surface area contributed by atoms with Crippen molar-refractivity contribution in [1.82, 2.24) is 4.98 Å². The van der Waals surface area contributed by atoms with E-state index in [2.05, 4.69) is 9.71 Å². The SMILES string of the molecule is CCS(=O)(=O)Nc1cc(F)c(-c2cc(CC(=O)C3CC3)nc3c2C=CC3)cc1F. The number of carbonyl (C=O) groups excluding carboxylic acids is 1. The van der Waals surface area contributed by atoms with Gasteiger partial charge in [0.1, 0.15) is 17.4 Å². The Morgan fingerprint density at radius 3 is 2.62 bits per heavy atom. The molecule has 1 aromatic heterocycles. The molecule has 8 heteroatoms. The topological polar surface area (TPSA) is 76.1 Å². The number of halogens is 2. The number of nitrogens with one attached hydrogen (secondary N) is 1. The summed E-state index contributed by atoms with van der Waals surface area (Å²) < 4.78 is 54.9. The van der Waals surface area contributed by atoms with E-state index in [1.165, 1.54) is 6.92 Å². The van der Waals surface area contributed by atoms with E-state index in [9.17, 15) is 22.0 Å². The number of allylic oxidation sites excluding steroid dienone is 1. The molecular formula is C21H20F2N2O3S. The number of hydrogen-bond donors (Lipinski definition) is 1. The van der Waals surface area contributed by atoms with E-state index in [4.69, 9.17) is 0 Å². The fourth-order valence-corrected chi connectivity index (χ4v) is 4.04. The van der Waals surface area contributed by atoms with Gasteiger partial charge in [0.05, 0.1) is 17.1 Å². The van der Waals surface area contributed by atoms with Crippen LogP contribution in [0.15, 0.2) is 24.3 Å². The van der Waals surface area contributed by atoms with Crippen molar-refractivity contribution in [1.29, 1.82) is 0 Å². The molecule has 1 saturated carbocycles. The molecule has 2 aliphatic rings. The van der Waals surface area contributed by atoms with Crippen LogP contribution in [-0.2, 0) is 27.7 Å². The quantitative estimate of drug-likeness (QED) is 0.740. The zero-order chi connectivity index (χ0) is 20.8. The average Bonchev–Trinajstić information content (AvgIpc) is 3.42. The lowest BCUT2D eigenvalue weighted by atomic mass is 9.97. The average molecular weight is 418 g/mol. The minimum absolute atomic E-state index is 0.00673. The highest BCUT2D eigenvalue weighted by molar-refractivity contribution is 7.92. The van der Waals surface area contributed by atoms with Gasteiger partial charge in [0.15, 0.2) is 0 Å². The van der Waals surface area contributed by atoms with Gasteiger partial charge in [0.2, 0.25) is 10.0 Å². The number of anilines is 1. The van der Waals surface area contributed by atoms with E-state index >= 15 is 0 Å². The van der Waals surface area contributed by atoms with Crippen molar-refractivity contribution in [3.63, 3.8) is 0 Å². The minimum Gasteiger partial charge on any atom is -0.299 e. The van der Waals surface area contributed by atoms with E-state index in [0.717, 1.165) is 30.7 Å². The molecule has 0 saturated heterocycles. The molecule has 4 rings (SSSR count). The molecule has 0 radical (unpaired) electrons. The van der Waals surface area contributed by atoms with Crippen molar-refractivity contribution in [3.05, 3.63) is 52.9 Å². The van der Waals surface area contributed by atoms with E-state index in [-0.39, 0.29) is 29.4 Å². The van der Waals surface area contributed by atoms with Crippen molar-refractivity contribution < 1.29 is 22.0 Å². The highest BCUT2D eigenvalue weighted by atomic mass is 32.2. The molecule has 2 aromatic rings. The maximum absolute atomic E-state index is 14.9. The number of ketones is 1. The Hall–Kier alpha value is -2.61. The summed E-state index contributed by atoms with van der Waals surface area (Å²) in [5.74, 6) is -1.68. The highest BCUT2D eigenvalue weighted by Gasteiger charge is 2.30. The third-order valence-corrected chi connectivity index (χ3v) is 6.46. The summed E-state index contributed by atoms with van der Waals surface area (Å²) in [6.07, 6.45) is 6.21. The Balaban J connectivity index is 1.75. The van der Waals surface area contributed by atoms with Gasteiger partial charge in [-0.05, 0) is 37.5 Å². The van der Waals surface area contributed by atoms with Gasteiger partial charge in [-0.2, -0.15) is 0 Å². The Labute approximate surface area is 167 Å². The normalized spacial score (nSPS) is 15.4. The van der Waals surface area contributed by atoms with E-state index in [1.807, 2.05) is 6.08 Å². The lowest BCUT2D eigenvalue weighted by molar-refractivity contribution is -0.119. The first-order valence-corrected chi connectivity index (χ1v) is 11.1. The van der Waals surface area contributed by atoms with Gasteiger partial charge in [-0.15, -0.1) is 0 Å². The van der Waals surface area contributed by atoms with Crippen LogP contribution >= 0.6 is 0 Å². The van der Waals surface area contributed by atoms with Crippen molar-refractivity contribution in [3.8, 4) is 11.1 Å². The van der Waals surface area contributed by atoms with Crippen molar-refractivity contribution >= 4 is 27.6 Å². The summed E-state index contributed by atoms with van der Waals surface area (Å²) in [5, 5.41) is 0. The zero-order valence-electron chi connectivity index (χ0n) is 15.8.